The van der Waals surface area contributed by atoms with Crippen molar-refractivity contribution in [1.29, 1.82) is 0 Å². The van der Waals surface area contributed by atoms with Gasteiger partial charge in [0.25, 0.3) is 0 Å². The zero-order chi connectivity index (χ0) is 11.5. The van der Waals surface area contributed by atoms with Crippen molar-refractivity contribution in [2.75, 3.05) is 6.61 Å². The molecule has 0 aliphatic heterocycles. The molecule has 0 saturated heterocycles. The van der Waals surface area contributed by atoms with Gasteiger partial charge in [0.15, 0.2) is 6.10 Å². The van der Waals surface area contributed by atoms with Crippen LogP contribution >= 0.6 is 11.3 Å². The van der Waals surface area contributed by atoms with Crippen LogP contribution in [0.1, 0.15) is 18.6 Å². The minimum absolute atomic E-state index is 0.258. The molecule has 0 aliphatic rings. The second-order valence-corrected chi connectivity index (χ2v) is 4.06. The molecule has 16 heavy (non-hydrogen) atoms. The normalized spacial score (nSPS) is 12.6. The number of aliphatic hydroxyl groups is 1. The number of ether oxygens (including phenoxy) is 1. The van der Waals surface area contributed by atoms with E-state index >= 15 is 0 Å². The molecule has 0 amide bonds. The second kappa shape index (κ2) is 4.59. The lowest BCUT2D eigenvalue weighted by atomic mass is 10.1. The number of nitrogens with zero attached hydrogens (tertiary/aromatic N) is 1. The number of rotatable bonds is 3. The van der Waals surface area contributed by atoms with Gasteiger partial charge in [0.2, 0.25) is 0 Å². The fraction of sp³-hybridized carbons (Fsp3) is 0.273. The van der Waals surface area contributed by atoms with Crippen molar-refractivity contribution in [2.24, 2.45) is 0 Å². The maximum absolute atomic E-state index is 11.4. The summed E-state index contributed by atoms with van der Waals surface area (Å²) in [5.41, 5.74) is 3.02. The van der Waals surface area contributed by atoms with E-state index in [-0.39, 0.29) is 6.61 Å². The highest BCUT2D eigenvalue weighted by Crippen LogP contribution is 2.27. The zero-order valence-electron chi connectivity index (χ0n) is 8.71. The number of carbonyl (C=O) groups excluding carboxylic acids is 1. The summed E-state index contributed by atoms with van der Waals surface area (Å²) in [4.78, 5) is 15.5. The molecule has 1 unspecified atom stereocenters. The van der Waals surface area contributed by atoms with E-state index in [0.717, 1.165) is 10.2 Å². The molecule has 2 rings (SSSR count). The molecule has 0 saturated carbocycles. The predicted molar refractivity (Wildman–Crippen MR) is 61.2 cm³/mol. The summed E-state index contributed by atoms with van der Waals surface area (Å²) in [5, 5.41) is 9.84. The first-order valence-corrected chi connectivity index (χ1v) is 5.78. The number of fused-ring (bicyclic) bond motifs is 1. The first kappa shape index (κ1) is 11.0. The van der Waals surface area contributed by atoms with Gasteiger partial charge in [-0.1, -0.05) is 12.1 Å². The van der Waals surface area contributed by atoms with Gasteiger partial charge in [0, 0.05) is 5.56 Å². The van der Waals surface area contributed by atoms with Gasteiger partial charge in [-0.2, -0.15) is 0 Å². The van der Waals surface area contributed by atoms with Gasteiger partial charge in [0.05, 0.1) is 22.3 Å². The van der Waals surface area contributed by atoms with Crippen molar-refractivity contribution in [2.45, 2.75) is 13.0 Å². The average molecular weight is 237 g/mol. The highest BCUT2D eigenvalue weighted by atomic mass is 32.1. The third-order valence-corrected chi connectivity index (χ3v) is 3.08. The van der Waals surface area contributed by atoms with E-state index in [9.17, 15) is 9.90 Å². The summed E-state index contributed by atoms with van der Waals surface area (Å²) in [6.07, 6.45) is -1.23. The Hall–Kier alpha value is -1.46. The summed E-state index contributed by atoms with van der Waals surface area (Å²) in [7, 11) is 0. The minimum Gasteiger partial charge on any atom is -0.464 e. The number of hydrogen-bond acceptors (Lipinski definition) is 5. The smallest absolute Gasteiger partial charge is 0.339 e. The first-order valence-electron chi connectivity index (χ1n) is 4.91. The molecular weight excluding hydrogens is 226 g/mol. The Balaban J connectivity index is 2.39. The third-order valence-electron chi connectivity index (χ3n) is 2.19. The Kier molecular flexibility index (Phi) is 3.17. The fourth-order valence-electron chi connectivity index (χ4n) is 1.47. The second-order valence-electron chi connectivity index (χ2n) is 3.20. The molecule has 5 heteroatoms. The van der Waals surface area contributed by atoms with Crippen LogP contribution < -0.4 is 0 Å². The van der Waals surface area contributed by atoms with Gasteiger partial charge in [-0.3, -0.25) is 0 Å². The van der Waals surface area contributed by atoms with Crippen molar-refractivity contribution < 1.29 is 14.6 Å². The van der Waals surface area contributed by atoms with Crippen molar-refractivity contribution in [3.05, 3.63) is 29.3 Å². The minimum atomic E-state index is -1.23. The van der Waals surface area contributed by atoms with Crippen LogP contribution in [0, 0.1) is 0 Å². The Morgan fingerprint density at radius 2 is 2.44 bits per heavy atom. The van der Waals surface area contributed by atoms with E-state index in [1.54, 1.807) is 24.6 Å². The summed E-state index contributed by atoms with van der Waals surface area (Å²) in [5.74, 6) is -0.622. The predicted octanol–water partition coefficient (Wildman–Crippen LogP) is 1.89. The van der Waals surface area contributed by atoms with Crippen molar-refractivity contribution >= 4 is 27.5 Å². The highest BCUT2D eigenvalue weighted by molar-refractivity contribution is 7.17. The molecule has 0 aliphatic carbocycles. The van der Waals surface area contributed by atoms with Gasteiger partial charge in [-0.25, -0.2) is 9.78 Å². The highest BCUT2D eigenvalue weighted by Gasteiger charge is 2.21. The molecule has 0 fully saturated rings. The number of aliphatic hydroxyl groups excluding tert-OH is 1. The van der Waals surface area contributed by atoms with Crippen LogP contribution in [0.25, 0.3) is 10.2 Å². The maximum atomic E-state index is 11.4. The summed E-state index contributed by atoms with van der Waals surface area (Å²) in [6, 6.07) is 5.31. The Morgan fingerprint density at radius 1 is 1.62 bits per heavy atom. The van der Waals surface area contributed by atoms with E-state index in [2.05, 4.69) is 4.98 Å². The lowest BCUT2D eigenvalue weighted by Gasteiger charge is -2.10. The fourth-order valence-corrected chi connectivity index (χ4v) is 2.30. The van der Waals surface area contributed by atoms with Gasteiger partial charge >= 0.3 is 5.97 Å². The van der Waals surface area contributed by atoms with Crippen molar-refractivity contribution in [1.82, 2.24) is 4.98 Å². The lowest BCUT2D eigenvalue weighted by molar-refractivity contribution is -0.153. The van der Waals surface area contributed by atoms with Crippen LogP contribution in [0.15, 0.2) is 23.7 Å². The monoisotopic (exact) mass is 237 g/mol. The third kappa shape index (κ3) is 1.91. The molecule has 0 bridgehead atoms. The Bertz CT molecular complexity index is 509. The number of aromatic nitrogens is 1. The SMILES string of the molecule is CCOC(=O)C(O)c1cccc2ncsc12. The maximum Gasteiger partial charge on any atom is 0.339 e. The quantitative estimate of drug-likeness (QED) is 0.828. The van der Waals surface area contributed by atoms with Crippen LogP contribution in [-0.4, -0.2) is 22.7 Å². The average Bonchev–Trinajstić information content (AvgIpc) is 2.76. The summed E-state index contributed by atoms with van der Waals surface area (Å²) in [6.45, 7) is 1.96. The van der Waals surface area contributed by atoms with Crippen molar-refractivity contribution in [3.8, 4) is 0 Å². The molecule has 4 nitrogen and oxygen atoms in total. The zero-order valence-corrected chi connectivity index (χ0v) is 9.53. The number of benzene rings is 1. The number of hydrogen-bond donors (Lipinski definition) is 1. The molecule has 1 N–H and O–H groups in total. The summed E-state index contributed by atoms with van der Waals surface area (Å²) < 4.78 is 5.60. The number of esters is 1. The number of carbonyl (C=O) groups is 1. The molecule has 84 valence electrons. The lowest BCUT2D eigenvalue weighted by Crippen LogP contribution is -2.15. The molecule has 2 aromatic rings. The molecule has 1 aromatic carbocycles. The van der Waals surface area contributed by atoms with Gasteiger partial charge < -0.3 is 9.84 Å². The Morgan fingerprint density at radius 3 is 3.19 bits per heavy atom. The van der Waals surface area contributed by atoms with Crippen LogP contribution in [-0.2, 0) is 9.53 Å². The van der Waals surface area contributed by atoms with Crippen LogP contribution in [0.2, 0.25) is 0 Å². The van der Waals surface area contributed by atoms with Crippen LogP contribution in [0.3, 0.4) is 0 Å². The molecule has 1 aromatic heterocycles. The van der Waals surface area contributed by atoms with E-state index in [1.165, 1.54) is 11.3 Å². The Labute approximate surface area is 96.5 Å². The molecule has 1 atom stereocenters. The van der Waals surface area contributed by atoms with Gasteiger partial charge in [-0.15, -0.1) is 11.3 Å². The van der Waals surface area contributed by atoms with Crippen molar-refractivity contribution in [3.63, 3.8) is 0 Å². The molecule has 1 heterocycles. The largest absolute Gasteiger partial charge is 0.464 e. The van der Waals surface area contributed by atoms with E-state index in [0.29, 0.717) is 5.56 Å². The molecule has 0 spiro atoms. The molecular formula is C11H11NO3S. The van der Waals surface area contributed by atoms with Crippen LogP contribution in [0.5, 0.6) is 0 Å². The summed E-state index contributed by atoms with van der Waals surface area (Å²) >= 11 is 1.40. The van der Waals surface area contributed by atoms with Crippen LogP contribution in [0.4, 0.5) is 0 Å². The standard InChI is InChI=1S/C11H11NO3S/c1-2-15-11(14)9(13)7-4-3-5-8-10(7)16-6-12-8/h3-6,9,13H,2H2,1H3. The van der Waals surface area contributed by atoms with Gasteiger partial charge in [0.1, 0.15) is 0 Å². The van der Waals surface area contributed by atoms with Gasteiger partial charge in [-0.05, 0) is 13.0 Å². The number of thiazole rings is 1. The topological polar surface area (TPSA) is 59.4 Å². The van der Waals surface area contributed by atoms with E-state index < -0.39 is 12.1 Å². The van der Waals surface area contributed by atoms with E-state index in [1.807, 2.05) is 6.07 Å². The molecule has 0 radical (unpaired) electrons. The van der Waals surface area contributed by atoms with E-state index in [4.69, 9.17) is 4.74 Å². The first-order chi connectivity index (χ1) is 7.74.